The van der Waals surface area contributed by atoms with Crippen LogP contribution >= 0.6 is 0 Å². The number of amidine groups is 1. The standard InChI is InChI=1S/C23H26F3N3O4/c1-22(14-28-21(27)33-22)15-30-17-4-2-16(3-5-17)29-12-10-19(11-13-29)31-18-6-8-20(9-7-18)32-23(24,25)26/h2-9,19H,10-15H2,1H3,(H2,27,28)/t22-/m1/s1. The second-order valence-electron chi connectivity index (χ2n) is 8.31. The molecular formula is C23H26F3N3O4. The lowest BCUT2D eigenvalue weighted by atomic mass is 10.1. The van der Waals surface area contributed by atoms with Gasteiger partial charge in [0.15, 0.2) is 5.60 Å². The molecule has 10 heteroatoms. The third-order valence-electron chi connectivity index (χ3n) is 5.47. The average Bonchev–Trinajstić information content (AvgIpc) is 3.12. The number of benzene rings is 2. The molecule has 0 saturated carbocycles. The minimum absolute atomic E-state index is 0.0000479. The highest BCUT2D eigenvalue weighted by atomic mass is 19.4. The highest BCUT2D eigenvalue weighted by Crippen LogP contribution is 2.28. The van der Waals surface area contributed by atoms with Crippen molar-refractivity contribution in [1.82, 2.24) is 0 Å². The molecule has 2 heterocycles. The van der Waals surface area contributed by atoms with Gasteiger partial charge in [-0.1, -0.05) is 0 Å². The minimum Gasteiger partial charge on any atom is -0.490 e. The highest BCUT2D eigenvalue weighted by Gasteiger charge is 2.33. The van der Waals surface area contributed by atoms with Gasteiger partial charge in [-0.05, 0) is 55.5 Å². The number of aliphatic imine (C=N–C) groups is 1. The van der Waals surface area contributed by atoms with E-state index in [1.54, 1.807) is 0 Å². The fourth-order valence-corrected chi connectivity index (χ4v) is 3.77. The molecule has 2 aliphatic heterocycles. The fraction of sp³-hybridized carbons (Fsp3) is 0.435. The van der Waals surface area contributed by atoms with Crippen molar-refractivity contribution in [2.75, 3.05) is 31.1 Å². The Balaban J connectivity index is 1.22. The van der Waals surface area contributed by atoms with E-state index in [1.165, 1.54) is 24.3 Å². The van der Waals surface area contributed by atoms with Crippen molar-refractivity contribution in [2.24, 2.45) is 10.7 Å². The summed E-state index contributed by atoms with van der Waals surface area (Å²) >= 11 is 0. The van der Waals surface area contributed by atoms with Crippen LogP contribution in [0.1, 0.15) is 19.8 Å². The number of piperidine rings is 1. The summed E-state index contributed by atoms with van der Waals surface area (Å²) < 4.78 is 57.9. The van der Waals surface area contributed by atoms with Gasteiger partial charge in [0.1, 0.15) is 30.0 Å². The molecule has 2 aromatic carbocycles. The molecule has 0 radical (unpaired) electrons. The van der Waals surface area contributed by atoms with Gasteiger partial charge in [0.25, 0.3) is 6.02 Å². The van der Waals surface area contributed by atoms with Crippen LogP contribution in [0.15, 0.2) is 53.5 Å². The van der Waals surface area contributed by atoms with Crippen LogP contribution in [0.4, 0.5) is 18.9 Å². The van der Waals surface area contributed by atoms with Gasteiger partial charge in [0.2, 0.25) is 0 Å². The monoisotopic (exact) mass is 465 g/mol. The SMILES string of the molecule is C[C@]1(COc2ccc(N3CCC(Oc4ccc(OC(F)(F)F)cc4)CC3)cc2)CN=C(N)O1. The first-order valence-electron chi connectivity index (χ1n) is 10.7. The molecule has 0 aliphatic carbocycles. The number of hydrogen-bond acceptors (Lipinski definition) is 7. The Morgan fingerprint density at radius 1 is 1.03 bits per heavy atom. The van der Waals surface area contributed by atoms with Gasteiger partial charge >= 0.3 is 6.36 Å². The molecular weight excluding hydrogens is 439 g/mol. The Morgan fingerprint density at radius 2 is 1.64 bits per heavy atom. The Hall–Kier alpha value is -3.30. The molecule has 0 unspecified atom stereocenters. The Bertz CT molecular complexity index is 958. The van der Waals surface area contributed by atoms with E-state index in [4.69, 9.17) is 19.9 Å². The highest BCUT2D eigenvalue weighted by molar-refractivity contribution is 5.73. The molecule has 2 N–H and O–H groups in total. The molecule has 4 rings (SSSR count). The lowest BCUT2D eigenvalue weighted by Gasteiger charge is -2.33. The zero-order valence-electron chi connectivity index (χ0n) is 18.2. The van der Waals surface area contributed by atoms with Gasteiger partial charge in [-0.15, -0.1) is 13.2 Å². The smallest absolute Gasteiger partial charge is 0.490 e. The van der Waals surface area contributed by atoms with Gasteiger partial charge in [0, 0.05) is 31.6 Å². The van der Waals surface area contributed by atoms with E-state index in [9.17, 15) is 13.2 Å². The van der Waals surface area contributed by atoms with Crippen molar-refractivity contribution >= 4 is 11.7 Å². The summed E-state index contributed by atoms with van der Waals surface area (Å²) in [5.41, 5.74) is 6.12. The molecule has 2 aliphatic rings. The number of halogens is 3. The Kier molecular flexibility index (Phi) is 6.44. The van der Waals surface area contributed by atoms with E-state index in [-0.39, 0.29) is 17.9 Å². The van der Waals surface area contributed by atoms with Crippen LogP contribution < -0.4 is 24.8 Å². The van der Waals surface area contributed by atoms with E-state index < -0.39 is 12.0 Å². The topological polar surface area (TPSA) is 78.5 Å². The van der Waals surface area contributed by atoms with Gasteiger partial charge in [-0.25, -0.2) is 4.99 Å². The summed E-state index contributed by atoms with van der Waals surface area (Å²) in [6.45, 7) is 4.34. The number of hydrogen-bond donors (Lipinski definition) is 1. The first kappa shape index (κ1) is 22.9. The summed E-state index contributed by atoms with van der Waals surface area (Å²) in [6.07, 6.45) is -3.10. The van der Waals surface area contributed by atoms with Crippen LogP contribution in [0.3, 0.4) is 0 Å². The Morgan fingerprint density at radius 3 is 2.21 bits per heavy atom. The number of alkyl halides is 3. The largest absolute Gasteiger partial charge is 0.573 e. The quantitative estimate of drug-likeness (QED) is 0.663. The summed E-state index contributed by atoms with van der Waals surface area (Å²) in [4.78, 5) is 6.32. The fourth-order valence-electron chi connectivity index (χ4n) is 3.77. The predicted octanol–water partition coefficient (Wildman–Crippen LogP) is 4.12. The van der Waals surface area contributed by atoms with Crippen LogP contribution in [0.5, 0.6) is 17.2 Å². The molecule has 0 spiro atoms. The average molecular weight is 465 g/mol. The number of nitrogens with two attached hydrogens (primary N) is 1. The second kappa shape index (κ2) is 9.29. The van der Waals surface area contributed by atoms with Crippen molar-refractivity contribution in [3.8, 4) is 17.2 Å². The van der Waals surface area contributed by atoms with Crippen molar-refractivity contribution in [3.63, 3.8) is 0 Å². The second-order valence-corrected chi connectivity index (χ2v) is 8.31. The summed E-state index contributed by atoms with van der Waals surface area (Å²) in [7, 11) is 0. The van der Waals surface area contributed by atoms with Crippen LogP contribution in [0.25, 0.3) is 0 Å². The zero-order valence-corrected chi connectivity index (χ0v) is 18.2. The molecule has 1 fully saturated rings. The Labute approximate surface area is 189 Å². The molecule has 0 amide bonds. The van der Waals surface area contributed by atoms with Crippen LogP contribution in [-0.4, -0.2) is 50.3 Å². The number of anilines is 1. The van der Waals surface area contributed by atoms with E-state index in [0.717, 1.165) is 37.4 Å². The molecule has 178 valence electrons. The van der Waals surface area contributed by atoms with E-state index in [0.29, 0.717) is 18.9 Å². The van der Waals surface area contributed by atoms with Gasteiger partial charge in [-0.3, -0.25) is 0 Å². The van der Waals surface area contributed by atoms with E-state index >= 15 is 0 Å². The maximum atomic E-state index is 12.3. The van der Waals surface area contributed by atoms with E-state index in [2.05, 4.69) is 14.6 Å². The van der Waals surface area contributed by atoms with Crippen molar-refractivity contribution < 1.29 is 32.1 Å². The number of nitrogens with zero attached hydrogens (tertiary/aromatic N) is 2. The number of ether oxygens (including phenoxy) is 4. The maximum absolute atomic E-state index is 12.3. The molecule has 0 bridgehead atoms. The number of rotatable bonds is 7. The van der Waals surface area contributed by atoms with Crippen LogP contribution in [-0.2, 0) is 4.74 Å². The van der Waals surface area contributed by atoms with E-state index in [1.807, 2.05) is 31.2 Å². The first-order valence-corrected chi connectivity index (χ1v) is 10.7. The molecule has 0 aromatic heterocycles. The van der Waals surface area contributed by atoms with Crippen molar-refractivity contribution in [1.29, 1.82) is 0 Å². The summed E-state index contributed by atoms with van der Waals surface area (Å²) in [5.74, 6) is 1.00. The van der Waals surface area contributed by atoms with Gasteiger partial charge < -0.3 is 29.6 Å². The summed E-state index contributed by atoms with van der Waals surface area (Å²) in [6, 6.07) is 13.5. The lowest BCUT2D eigenvalue weighted by Crippen LogP contribution is -2.38. The van der Waals surface area contributed by atoms with Crippen molar-refractivity contribution in [2.45, 2.75) is 37.8 Å². The van der Waals surface area contributed by atoms with Crippen molar-refractivity contribution in [3.05, 3.63) is 48.5 Å². The molecule has 1 saturated heterocycles. The lowest BCUT2D eigenvalue weighted by molar-refractivity contribution is -0.274. The minimum atomic E-state index is -4.70. The third kappa shape index (κ3) is 6.36. The van der Waals surface area contributed by atoms with Gasteiger partial charge in [-0.2, -0.15) is 0 Å². The van der Waals surface area contributed by atoms with Crippen LogP contribution in [0, 0.1) is 0 Å². The third-order valence-corrected chi connectivity index (χ3v) is 5.47. The molecule has 1 atom stereocenters. The normalized spacial score (nSPS) is 21.3. The van der Waals surface area contributed by atoms with Gasteiger partial charge in [0.05, 0.1) is 6.54 Å². The first-order chi connectivity index (χ1) is 15.7. The summed E-state index contributed by atoms with van der Waals surface area (Å²) in [5, 5.41) is 0. The maximum Gasteiger partial charge on any atom is 0.573 e. The zero-order chi connectivity index (χ0) is 23.5. The molecule has 7 nitrogen and oxygen atoms in total. The molecule has 2 aromatic rings. The molecule has 33 heavy (non-hydrogen) atoms. The van der Waals surface area contributed by atoms with Crippen LogP contribution in [0.2, 0.25) is 0 Å². The predicted molar refractivity (Wildman–Crippen MR) is 117 cm³/mol.